The molecule has 0 saturated carbocycles. The molecule has 18 heavy (non-hydrogen) atoms. The third kappa shape index (κ3) is 2.29. The summed E-state index contributed by atoms with van der Waals surface area (Å²) in [5, 5.41) is 9.44. The van der Waals surface area contributed by atoms with E-state index in [9.17, 15) is 5.11 Å². The Labute approximate surface area is 105 Å². The SMILES string of the molecule is COc1nc(NN)nc(N2CCC(C)C2CO)n1. The fraction of sp³-hybridized carbons (Fsp3) is 0.700. The maximum Gasteiger partial charge on any atom is 0.322 e. The van der Waals surface area contributed by atoms with Crippen LogP contribution in [0.4, 0.5) is 11.9 Å². The van der Waals surface area contributed by atoms with Crippen molar-refractivity contribution in [2.75, 3.05) is 30.6 Å². The minimum Gasteiger partial charge on any atom is -0.467 e. The first kappa shape index (κ1) is 12.8. The second-order valence-electron chi connectivity index (χ2n) is 4.30. The lowest BCUT2D eigenvalue weighted by atomic mass is 10.0. The average Bonchev–Trinajstić information content (AvgIpc) is 2.79. The molecule has 2 heterocycles. The van der Waals surface area contributed by atoms with E-state index in [0.717, 1.165) is 13.0 Å². The fourth-order valence-electron chi connectivity index (χ4n) is 2.17. The van der Waals surface area contributed by atoms with Crippen LogP contribution in [0.5, 0.6) is 6.01 Å². The predicted octanol–water partition coefficient (Wildman–Crippen LogP) is -0.627. The van der Waals surface area contributed by atoms with E-state index in [0.29, 0.717) is 11.9 Å². The van der Waals surface area contributed by atoms with Crippen LogP contribution < -0.4 is 20.9 Å². The quantitative estimate of drug-likeness (QED) is 0.481. The number of aliphatic hydroxyl groups excluding tert-OH is 1. The highest BCUT2D eigenvalue weighted by atomic mass is 16.5. The monoisotopic (exact) mass is 254 g/mol. The molecule has 1 aromatic rings. The highest BCUT2D eigenvalue weighted by Gasteiger charge is 2.32. The molecule has 1 aliphatic rings. The molecule has 0 bridgehead atoms. The summed E-state index contributed by atoms with van der Waals surface area (Å²) in [5.74, 6) is 6.42. The van der Waals surface area contributed by atoms with Crippen LogP contribution in [0.25, 0.3) is 0 Å². The van der Waals surface area contributed by atoms with Crippen LogP contribution in [0.2, 0.25) is 0 Å². The van der Waals surface area contributed by atoms with Crippen LogP contribution >= 0.6 is 0 Å². The zero-order valence-electron chi connectivity index (χ0n) is 10.5. The van der Waals surface area contributed by atoms with E-state index in [4.69, 9.17) is 10.6 Å². The van der Waals surface area contributed by atoms with Gasteiger partial charge in [-0.05, 0) is 12.3 Å². The number of nitrogen functional groups attached to an aromatic ring is 1. The molecule has 2 unspecified atom stereocenters. The number of methoxy groups -OCH3 is 1. The summed E-state index contributed by atoms with van der Waals surface area (Å²) in [4.78, 5) is 14.3. The topological polar surface area (TPSA) is 109 Å². The van der Waals surface area contributed by atoms with Crippen molar-refractivity contribution in [1.82, 2.24) is 15.0 Å². The minimum absolute atomic E-state index is 0.0164. The molecular formula is C10H18N6O2. The van der Waals surface area contributed by atoms with Crippen molar-refractivity contribution in [3.63, 3.8) is 0 Å². The second kappa shape index (κ2) is 5.32. The van der Waals surface area contributed by atoms with Gasteiger partial charge < -0.3 is 14.7 Å². The van der Waals surface area contributed by atoms with E-state index in [-0.39, 0.29) is 24.6 Å². The number of nitrogens with one attached hydrogen (secondary N) is 1. The Morgan fingerprint density at radius 2 is 2.28 bits per heavy atom. The van der Waals surface area contributed by atoms with Crippen molar-refractivity contribution in [2.45, 2.75) is 19.4 Å². The number of rotatable bonds is 4. The smallest absolute Gasteiger partial charge is 0.322 e. The normalized spacial score (nSPS) is 23.2. The Morgan fingerprint density at radius 3 is 2.89 bits per heavy atom. The van der Waals surface area contributed by atoms with Crippen molar-refractivity contribution in [1.29, 1.82) is 0 Å². The standard InChI is InChI=1S/C10H18N6O2/c1-6-3-4-16(7(6)5-17)9-12-8(15-11)13-10(14-9)18-2/h6-7,17H,3-5,11H2,1-2H3,(H,12,13,14,15). The summed E-state index contributed by atoms with van der Waals surface area (Å²) in [6.07, 6.45) is 0.991. The Morgan fingerprint density at radius 1 is 1.50 bits per heavy atom. The zero-order chi connectivity index (χ0) is 13.1. The van der Waals surface area contributed by atoms with E-state index < -0.39 is 0 Å². The van der Waals surface area contributed by atoms with Gasteiger partial charge >= 0.3 is 6.01 Å². The molecule has 0 spiro atoms. The molecule has 1 aromatic heterocycles. The summed E-state index contributed by atoms with van der Waals surface area (Å²) >= 11 is 0. The largest absolute Gasteiger partial charge is 0.467 e. The number of aromatic nitrogens is 3. The van der Waals surface area contributed by atoms with Gasteiger partial charge in [-0.25, -0.2) is 5.84 Å². The highest BCUT2D eigenvalue weighted by molar-refractivity contribution is 5.40. The van der Waals surface area contributed by atoms with Gasteiger partial charge in [0.1, 0.15) is 0 Å². The molecule has 100 valence electrons. The van der Waals surface area contributed by atoms with E-state index in [1.807, 2.05) is 4.90 Å². The maximum absolute atomic E-state index is 9.44. The Hall–Kier alpha value is -1.67. The van der Waals surface area contributed by atoms with Crippen LogP contribution in [-0.4, -0.2) is 46.4 Å². The van der Waals surface area contributed by atoms with Gasteiger partial charge in [0.2, 0.25) is 11.9 Å². The van der Waals surface area contributed by atoms with E-state index in [2.05, 4.69) is 27.3 Å². The lowest BCUT2D eigenvalue weighted by Gasteiger charge is -2.25. The molecule has 0 aliphatic carbocycles. The van der Waals surface area contributed by atoms with Gasteiger partial charge in [0.05, 0.1) is 19.8 Å². The van der Waals surface area contributed by atoms with E-state index >= 15 is 0 Å². The Bertz CT molecular complexity index is 393. The second-order valence-corrected chi connectivity index (χ2v) is 4.30. The third-order valence-electron chi connectivity index (χ3n) is 3.24. The third-order valence-corrected chi connectivity index (χ3v) is 3.24. The molecule has 0 aromatic carbocycles. The number of hydrogen-bond donors (Lipinski definition) is 3. The summed E-state index contributed by atoms with van der Waals surface area (Å²) in [6.45, 7) is 2.96. The van der Waals surface area contributed by atoms with Gasteiger partial charge in [-0.2, -0.15) is 15.0 Å². The van der Waals surface area contributed by atoms with E-state index in [1.165, 1.54) is 7.11 Å². The van der Waals surface area contributed by atoms with Crippen LogP contribution in [0, 0.1) is 5.92 Å². The lowest BCUT2D eigenvalue weighted by molar-refractivity contribution is 0.243. The highest BCUT2D eigenvalue weighted by Crippen LogP contribution is 2.28. The number of ether oxygens (including phenoxy) is 1. The molecule has 8 nitrogen and oxygen atoms in total. The number of hydrogen-bond acceptors (Lipinski definition) is 8. The predicted molar refractivity (Wildman–Crippen MR) is 66.2 cm³/mol. The number of hydrazine groups is 1. The van der Waals surface area contributed by atoms with Gasteiger partial charge in [0.25, 0.3) is 0 Å². The molecule has 8 heteroatoms. The molecular weight excluding hydrogens is 236 g/mol. The summed E-state index contributed by atoms with van der Waals surface area (Å²) in [7, 11) is 1.48. The van der Waals surface area contributed by atoms with Crippen LogP contribution in [0.1, 0.15) is 13.3 Å². The van der Waals surface area contributed by atoms with Gasteiger partial charge in [-0.1, -0.05) is 6.92 Å². The first-order valence-corrected chi connectivity index (χ1v) is 5.83. The number of nitrogens with two attached hydrogens (primary N) is 1. The van der Waals surface area contributed by atoms with Gasteiger partial charge in [-0.3, -0.25) is 5.43 Å². The first-order valence-electron chi connectivity index (χ1n) is 5.83. The molecule has 1 saturated heterocycles. The van der Waals surface area contributed by atoms with Crippen LogP contribution in [-0.2, 0) is 0 Å². The van der Waals surface area contributed by atoms with Crippen LogP contribution in [0.3, 0.4) is 0 Å². The van der Waals surface area contributed by atoms with Crippen molar-refractivity contribution in [2.24, 2.45) is 11.8 Å². The fourth-order valence-corrected chi connectivity index (χ4v) is 2.17. The summed E-state index contributed by atoms with van der Waals surface area (Å²) in [6, 6.07) is 0.215. The zero-order valence-corrected chi connectivity index (χ0v) is 10.5. The van der Waals surface area contributed by atoms with Crippen molar-refractivity contribution < 1.29 is 9.84 Å². The molecule has 4 N–H and O–H groups in total. The Kier molecular flexibility index (Phi) is 3.78. The molecule has 0 amide bonds. The maximum atomic E-state index is 9.44. The molecule has 1 fully saturated rings. The van der Waals surface area contributed by atoms with Crippen molar-refractivity contribution in [3.8, 4) is 6.01 Å². The van der Waals surface area contributed by atoms with Crippen LogP contribution in [0.15, 0.2) is 0 Å². The molecule has 2 atom stereocenters. The molecule has 1 aliphatic heterocycles. The number of anilines is 2. The first-order chi connectivity index (χ1) is 8.69. The van der Waals surface area contributed by atoms with Gasteiger partial charge in [-0.15, -0.1) is 0 Å². The van der Waals surface area contributed by atoms with E-state index in [1.54, 1.807) is 0 Å². The Balaban J connectivity index is 2.32. The summed E-state index contributed by atoms with van der Waals surface area (Å²) in [5.41, 5.74) is 2.38. The number of aliphatic hydroxyl groups is 1. The summed E-state index contributed by atoms with van der Waals surface area (Å²) < 4.78 is 5.01. The molecule has 0 radical (unpaired) electrons. The molecule has 2 rings (SSSR count). The number of nitrogens with zero attached hydrogens (tertiary/aromatic N) is 4. The minimum atomic E-state index is 0.0164. The van der Waals surface area contributed by atoms with Crippen molar-refractivity contribution in [3.05, 3.63) is 0 Å². The van der Waals surface area contributed by atoms with Gasteiger partial charge in [0.15, 0.2) is 0 Å². The van der Waals surface area contributed by atoms with Crippen molar-refractivity contribution >= 4 is 11.9 Å². The average molecular weight is 254 g/mol. The lowest BCUT2D eigenvalue weighted by Crippen LogP contribution is -2.36. The van der Waals surface area contributed by atoms with Gasteiger partial charge in [0, 0.05) is 6.54 Å².